The minimum atomic E-state index is -1.04. The van der Waals surface area contributed by atoms with Gasteiger partial charge in [-0.15, -0.1) is 0 Å². The van der Waals surface area contributed by atoms with Gasteiger partial charge in [0.25, 0.3) is 0 Å². The first-order valence-electron chi connectivity index (χ1n) is 6.89. The van der Waals surface area contributed by atoms with Crippen molar-refractivity contribution in [2.24, 2.45) is 0 Å². The lowest BCUT2D eigenvalue weighted by molar-refractivity contribution is -0.145. The number of carbonyl (C=O) groups excluding carboxylic acids is 2. The highest BCUT2D eigenvalue weighted by Crippen LogP contribution is 2.05. The monoisotopic (exact) mass is 286 g/mol. The van der Waals surface area contributed by atoms with Crippen LogP contribution in [0.4, 0.5) is 0 Å². The zero-order valence-corrected chi connectivity index (χ0v) is 11.8. The van der Waals surface area contributed by atoms with Gasteiger partial charge in [0.1, 0.15) is 6.54 Å². The summed E-state index contributed by atoms with van der Waals surface area (Å²) in [4.78, 5) is 37.5. The maximum atomic E-state index is 11.9. The van der Waals surface area contributed by atoms with E-state index in [9.17, 15) is 14.4 Å². The third-order valence-electron chi connectivity index (χ3n) is 3.09. The summed E-state index contributed by atoms with van der Waals surface area (Å²) in [7, 11) is 0. The maximum absolute atomic E-state index is 11.9. The molecule has 0 unspecified atom stereocenters. The second-order valence-corrected chi connectivity index (χ2v) is 4.70. The SMILES string of the molecule is CCCN(CC(=O)O)C(=O)CCC(=O)N1CCOCC1. The minimum absolute atomic E-state index is 0.0590. The van der Waals surface area contributed by atoms with Crippen LogP contribution in [0, 0.1) is 0 Å². The topological polar surface area (TPSA) is 87.2 Å². The van der Waals surface area contributed by atoms with E-state index in [-0.39, 0.29) is 31.2 Å². The van der Waals surface area contributed by atoms with E-state index in [1.807, 2.05) is 6.92 Å². The molecular weight excluding hydrogens is 264 g/mol. The van der Waals surface area contributed by atoms with Gasteiger partial charge in [0.15, 0.2) is 0 Å². The highest BCUT2D eigenvalue weighted by molar-refractivity contribution is 5.85. The molecule has 0 spiro atoms. The molecular formula is C13H22N2O5. The molecule has 1 saturated heterocycles. The van der Waals surface area contributed by atoms with Gasteiger partial charge in [-0.05, 0) is 6.42 Å². The largest absolute Gasteiger partial charge is 0.480 e. The highest BCUT2D eigenvalue weighted by atomic mass is 16.5. The molecule has 7 nitrogen and oxygen atoms in total. The summed E-state index contributed by atoms with van der Waals surface area (Å²) < 4.78 is 5.16. The van der Waals surface area contributed by atoms with Gasteiger partial charge in [-0.3, -0.25) is 14.4 Å². The van der Waals surface area contributed by atoms with Gasteiger partial charge < -0.3 is 19.6 Å². The second kappa shape index (κ2) is 8.52. The van der Waals surface area contributed by atoms with Crippen LogP contribution in [0.2, 0.25) is 0 Å². The first kappa shape index (κ1) is 16.4. The standard InChI is InChI=1S/C13H22N2O5/c1-2-5-15(10-13(18)19)12(17)4-3-11(16)14-6-8-20-9-7-14/h2-10H2,1H3,(H,18,19). The summed E-state index contributed by atoms with van der Waals surface area (Å²) in [5.41, 5.74) is 0. The molecule has 0 aromatic rings. The van der Waals surface area contributed by atoms with Gasteiger partial charge >= 0.3 is 5.97 Å². The molecule has 114 valence electrons. The smallest absolute Gasteiger partial charge is 0.323 e. The van der Waals surface area contributed by atoms with E-state index in [0.29, 0.717) is 39.3 Å². The number of nitrogens with zero attached hydrogens (tertiary/aromatic N) is 2. The fourth-order valence-corrected chi connectivity index (χ4v) is 2.07. The normalized spacial score (nSPS) is 14.9. The number of hydrogen-bond donors (Lipinski definition) is 1. The maximum Gasteiger partial charge on any atom is 0.323 e. The highest BCUT2D eigenvalue weighted by Gasteiger charge is 2.20. The van der Waals surface area contributed by atoms with Crippen molar-refractivity contribution in [3.8, 4) is 0 Å². The lowest BCUT2D eigenvalue weighted by Crippen LogP contribution is -2.41. The summed E-state index contributed by atoms with van der Waals surface area (Å²) in [5.74, 6) is -1.39. The Morgan fingerprint density at radius 1 is 1.20 bits per heavy atom. The fourth-order valence-electron chi connectivity index (χ4n) is 2.07. The Morgan fingerprint density at radius 3 is 2.40 bits per heavy atom. The van der Waals surface area contributed by atoms with Crippen LogP contribution < -0.4 is 0 Å². The number of morpholine rings is 1. The Morgan fingerprint density at radius 2 is 1.85 bits per heavy atom. The Bertz CT molecular complexity index is 353. The van der Waals surface area contributed by atoms with E-state index in [1.54, 1.807) is 4.90 Å². The third-order valence-corrected chi connectivity index (χ3v) is 3.09. The molecule has 7 heteroatoms. The predicted octanol–water partition coefficient (Wildman–Crippen LogP) is -0.0514. The first-order valence-corrected chi connectivity index (χ1v) is 6.89. The molecule has 1 N–H and O–H groups in total. The van der Waals surface area contributed by atoms with E-state index < -0.39 is 5.97 Å². The molecule has 0 aromatic heterocycles. The zero-order valence-electron chi connectivity index (χ0n) is 11.8. The summed E-state index contributed by atoms with van der Waals surface area (Å²) >= 11 is 0. The predicted molar refractivity (Wildman–Crippen MR) is 71.1 cm³/mol. The van der Waals surface area contributed by atoms with Crippen molar-refractivity contribution in [2.75, 3.05) is 39.4 Å². The Kier molecular flexibility index (Phi) is 7.00. The van der Waals surface area contributed by atoms with Crippen molar-refractivity contribution in [3.05, 3.63) is 0 Å². The molecule has 1 fully saturated rings. The number of rotatable bonds is 7. The Hall–Kier alpha value is -1.63. The molecule has 1 heterocycles. The number of amides is 2. The van der Waals surface area contributed by atoms with E-state index in [2.05, 4.69) is 0 Å². The molecule has 0 bridgehead atoms. The second-order valence-electron chi connectivity index (χ2n) is 4.70. The van der Waals surface area contributed by atoms with E-state index in [1.165, 1.54) is 4.90 Å². The van der Waals surface area contributed by atoms with Crippen LogP contribution in [0.15, 0.2) is 0 Å². The lowest BCUT2D eigenvalue weighted by Gasteiger charge is -2.27. The van der Waals surface area contributed by atoms with E-state index in [4.69, 9.17) is 9.84 Å². The van der Waals surface area contributed by atoms with Crippen molar-refractivity contribution in [2.45, 2.75) is 26.2 Å². The van der Waals surface area contributed by atoms with Crippen LogP contribution >= 0.6 is 0 Å². The molecule has 20 heavy (non-hydrogen) atoms. The molecule has 0 aliphatic carbocycles. The van der Waals surface area contributed by atoms with Crippen LogP contribution in [0.1, 0.15) is 26.2 Å². The van der Waals surface area contributed by atoms with E-state index in [0.717, 1.165) is 0 Å². The molecule has 2 amide bonds. The number of aliphatic carboxylic acids is 1. The molecule has 1 rings (SSSR count). The molecule has 1 aliphatic rings. The molecule has 0 aromatic carbocycles. The van der Waals surface area contributed by atoms with Gasteiger partial charge in [0, 0.05) is 32.5 Å². The van der Waals surface area contributed by atoms with Gasteiger partial charge in [-0.1, -0.05) is 6.92 Å². The minimum Gasteiger partial charge on any atom is -0.480 e. The fraction of sp³-hybridized carbons (Fsp3) is 0.769. The number of carboxylic acid groups (broad SMARTS) is 1. The molecule has 0 saturated carbocycles. The van der Waals surface area contributed by atoms with Crippen LogP contribution in [0.5, 0.6) is 0 Å². The third kappa shape index (κ3) is 5.56. The van der Waals surface area contributed by atoms with Gasteiger partial charge in [-0.25, -0.2) is 0 Å². The quantitative estimate of drug-likeness (QED) is 0.709. The number of ether oxygens (including phenoxy) is 1. The summed E-state index contributed by atoms with van der Waals surface area (Å²) in [6.07, 6.45) is 0.874. The number of hydrogen-bond acceptors (Lipinski definition) is 4. The molecule has 0 radical (unpaired) electrons. The first-order chi connectivity index (χ1) is 9.54. The average Bonchev–Trinajstić information content (AvgIpc) is 2.44. The lowest BCUT2D eigenvalue weighted by atomic mass is 10.2. The Labute approximate surface area is 118 Å². The van der Waals surface area contributed by atoms with Crippen molar-refractivity contribution in [1.29, 1.82) is 0 Å². The zero-order chi connectivity index (χ0) is 15.0. The molecule has 1 aliphatic heterocycles. The van der Waals surface area contributed by atoms with Crippen molar-refractivity contribution in [3.63, 3.8) is 0 Å². The van der Waals surface area contributed by atoms with Crippen LogP contribution in [0.3, 0.4) is 0 Å². The van der Waals surface area contributed by atoms with Crippen molar-refractivity contribution >= 4 is 17.8 Å². The average molecular weight is 286 g/mol. The summed E-state index contributed by atoms with van der Waals surface area (Å²) in [6.45, 7) is 4.14. The summed E-state index contributed by atoms with van der Waals surface area (Å²) in [5, 5.41) is 8.76. The van der Waals surface area contributed by atoms with Crippen molar-refractivity contribution in [1.82, 2.24) is 9.80 Å². The van der Waals surface area contributed by atoms with Gasteiger partial charge in [0.05, 0.1) is 13.2 Å². The van der Waals surface area contributed by atoms with Crippen molar-refractivity contribution < 1.29 is 24.2 Å². The van der Waals surface area contributed by atoms with E-state index >= 15 is 0 Å². The molecule has 0 atom stereocenters. The number of carboxylic acids is 1. The summed E-state index contributed by atoms with van der Waals surface area (Å²) in [6, 6.07) is 0. The van der Waals surface area contributed by atoms with Crippen LogP contribution in [0.25, 0.3) is 0 Å². The van der Waals surface area contributed by atoms with Gasteiger partial charge in [-0.2, -0.15) is 0 Å². The van der Waals surface area contributed by atoms with Crippen LogP contribution in [-0.4, -0.2) is 72.1 Å². The Balaban J connectivity index is 2.39. The number of carbonyl (C=O) groups is 3. The van der Waals surface area contributed by atoms with Crippen LogP contribution in [-0.2, 0) is 19.1 Å². The van der Waals surface area contributed by atoms with Gasteiger partial charge in [0.2, 0.25) is 11.8 Å².